The maximum absolute atomic E-state index is 11.5. The molecule has 6 nitrogen and oxygen atoms in total. The van der Waals surface area contributed by atoms with Gasteiger partial charge in [0.25, 0.3) is 0 Å². The van der Waals surface area contributed by atoms with E-state index in [-0.39, 0.29) is 12.3 Å². The van der Waals surface area contributed by atoms with Crippen LogP contribution in [0.25, 0.3) is 0 Å². The second-order valence-electron chi connectivity index (χ2n) is 4.94. The Hall–Kier alpha value is -1.50. The van der Waals surface area contributed by atoms with Gasteiger partial charge < -0.3 is 9.80 Å². The van der Waals surface area contributed by atoms with Gasteiger partial charge in [-0.15, -0.1) is 0 Å². The van der Waals surface area contributed by atoms with Gasteiger partial charge in [0.2, 0.25) is 0 Å². The molecule has 1 aliphatic rings. The normalized spacial score (nSPS) is 18.2. The van der Waals surface area contributed by atoms with Gasteiger partial charge in [-0.2, -0.15) is 0 Å². The number of hydrazine groups is 1. The Labute approximate surface area is 121 Å². The number of allylic oxidation sites excluding steroid dienone is 2. The lowest BCUT2D eigenvalue weighted by molar-refractivity contribution is -0.114. The monoisotopic (exact) mass is 279 g/mol. The van der Waals surface area contributed by atoms with Gasteiger partial charge in [0.1, 0.15) is 5.82 Å². The first-order chi connectivity index (χ1) is 9.58. The number of carbonyl (C=O) groups excluding carboxylic acids is 1. The lowest BCUT2D eigenvalue weighted by Gasteiger charge is -2.33. The molecule has 0 unspecified atom stereocenters. The minimum Gasteiger partial charge on any atom is -0.354 e. The molecule has 20 heavy (non-hydrogen) atoms. The van der Waals surface area contributed by atoms with E-state index in [1.165, 1.54) is 0 Å². The Morgan fingerprint density at radius 1 is 1.35 bits per heavy atom. The van der Waals surface area contributed by atoms with Crippen molar-refractivity contribution in [2.24, 2.45) is 10.8 Å². The molecular weight excluding hydrogens is 254 g/mol. The van der Waals surface area contributed by atoms with Gasteiger partial charge in [0, 0.05) is 26.2 Å². The summed E-state index contributed by atoms with van der Waals surface area (Å²) in [5.74, 6) is 6.03. The Bertz CT molecular complexity index is 394. The average Bonchev–Trinajstić information content (AvgIpc) is 2.45. The van der Waals surface area contributed by atoms with Crippen molar-refractivity contribution < 1.29 is 4.79 Å². The second-order valence-corrected chi connectivity index (χ2v) is 4.94. The Morgan fingerprint density at radius 3 is 2.55 bits per heavy atom. The Balaban J connectivity index is 2.55. The third-order valence-electron chi connectivity index (χ3n) is 3.42. The molecule has 0 saturated carbocycles. The maximum atomic E-state index is 11.5. The molecule has 1 rings (SSSR count). The molecule has 0 aromatic rings. The van der Waals surface area contributed by atoms with Gasteiger partial charge >= 0.3 is 0 Å². The van der Waals surface area contributed by atoms with E-state index in [4.69, 9.17) is 5.84 Å². The Kier molecular flexibility index (Phi) is 7.14. The summed E-state index contributed by atoms with van der Waals surface area (Å²) in [4.78, 5) is 20.1. The number of aliphatic imine (C=N–C) groups is 1. The predicted molar refractivity (Wildman–Crippen MR) is 82.3 cm³/mol. The molecule has 0 aliphatic carbocycles. The van der Waals surface area contributed by atoms with Crippen LogP contribution in [0.15, 0.2) is 28.5 Å². The molecule has 1 heterocycles. The van der Waals surface area contributed by atoms with Crippen LogP contribution < -0.4 is 11.3 Å². The number of ketones is 1. The lowest BCUT2D eigenvalue weighted by atomic mass is 10.1. The number of carbonyl (C=O) groups is 1. The molecule has 1 fully saturated rings. The van der Waals surface area contributed by atoms with E-state index in [1.54, 1.807) is 6.92 Å². The molecule has 0 aromatic carbocycles. The smallest absolute Gasteiger partial charge is 0.173 e. The highest BCUT2D eigenvalue weighted by molar-refractivity contribution is 5.96. The van der Waals surface area contributed by atoms with E-state index in [9.17, 15) is 4.79 Å². The second kappa shape index (κ2) is 8.63. The van der Waals surface area contributed by atoms with Gasteiger partial charge in [0.15, 0.2) is 5.78 Å². The predicted octanol–water partition coefficient (Wildman–Crippen LogP) is 0.145. The van der Waals surface area contributed by atoms with Crippen molar-refractivity contribution in [3.63, 3.8) is 0 Å². The fourth-order valence-corrected chi connectivity index (χ4v) is 2.02. The van der Waals surface area contributed by atoms with Gasteiger partial charge in [0.05, 0.1) is 6.54 Å². The fraction of sp³-hybridized carbons (Fsp3) is 0.571. The van der Waals surface area contributed by atoms with E-state index in [0.29, 0.717) is 12.0 Å². The summed E-state index contributed by atoms with van der Waals surface area (Å²) in [5.41, 5.74) is 3.08. The molecule has 6 heteroatoms. The SMILES string of the molecule is C=NC(=CC/C=C(\C)C(=O)CNN)N1CCN(C)CC1. The number of piperazine rings is 1. The molecule has 112 valence electrons. The van der Waals surface area contributed by atoms with Crippen molar-refractivity contribution >= 4 is 12.5 Å². The molecule has 0 bridgehead atoms. The summed E-state index contributed by atoms with van der Waals surface area (Å²) in [7, 11) is 2.12. The van der Waals surface area contributed by atoms with Crippen LogP contribution in [0.1, 0.15) is 13.3 Å². The highest BCUT2D eigenvalue weighted by Crippen LogP contribution is 2.11. The van der Waals surface area contributed by atoms with Crippen LogP contribution in [-0.2, 0) is 4.79 Å². The van der Waals surface area contributed by atoms with Crippen molar-refractivity contribution in [2.45, 2.75) is 13.3 Å². The zero-order valence-corrected chi connectivity index (χ0v) is 12.4. The van der Waals surface area contributed by atoms with Crippen LogP contribution in [-0.4, -0.2) is 62.1 Å². The highest BCUT2D eigenvalue weighted by Gasteiger charge is 2.14. The Morgan fingerprint density at radius 2 is 2.00 bits per heavy atom. The first kappa shape index (κ1) is 16.6. The van der Waals surface area contributed by atoms with Crippen LogP contribution in [0.2, 0.25) is 0 Å². The molecule has 0 aromatic heterocycles. The number of nitrogens with zero attached hydrogens (tertiary/aromatic N) is 3. The lowest BCUT2D eigenvalue weighted by Crippen LogP contribution is -2.43. The highest BCUT2D eigenvalue weighted by atomic mass is 16.1. The summed E-state index contributed by atoms with van der Waals surface area (Å²) in [6, 6.07) is 0. The summed E-state index contributed by atoms with van der Waals surface area (Å²) < 4.78 is 0. The molecular formula is C14H25N5O. The molecule has 0 atom stereocenters. The maximum Gasteiger partial charge on any atom is 0.173 e. The molecule has 3 N–H and O–H groups in total. The number of nitrogens with two attached hydrogens (primary N) is 1. The van der Waals surface area contributed by atoms with E-state index in [0.717, 1.165) is 32.0 Å². The minimum absolute atomic E-state index is 0.00797. The molecule has 0 radical (unpaired) electrons. The van der Waals surface area contributed by atoms with Gasteiger partial charge in [-0.05, 0) is 38.8 Å². The summed E-state index contributed by atoms with van der Waals surface area (Å²) in [6.45, 7) is 9.57. The molecule has 1 aliphatic heterocycles. The van der Waals surface area contributed by atoms with Crippen molar-refractivity contribution in [3.8, 4) is 0 Å². The molecule has 0 spiro atoms. The summed E-state index contributed by atoms with van der Waals surface area (Å²) in [6.07, 6.45) is 4.56. The van der Waals surface area contributed by atoms with Gasteiger partial charge in [-0.1, -0.05) is 6.08 Å². The van der Waals surface area contributed by atoms with Crippen LogP contribution in [0.3, 0.4) is 0 Å². The first-order valence-electron chi connectivity index (χ1n) is 6.82. The van der Waals surface area contributed by atoms with Crippen molar-refractivity contribution in [1.29, 1.82) is 0 Å². The summed E-state index contributed by atoms with van der Waals surface area (Å²) in [5, 5.41) is 0. The minimum atomic E-state index is 0.00797. The number of hydrogen-bond donors (Lipinski definition) is 2. The standard InChI is InChI=1S/C14H25N5O/c1-12(13(20)11-17-15)5-4-6-14(16-2)19-9-7-18(3)8-10-19/h5-6,17H,2,4,7-11,15H2,1,3H3/b12-5+,14-6?. The fourth-order valence-electron chi connectivity index (χ4n) is 2.02. The van der Waals surface area contributed by atoms with E-state index in [1.807, 2.05) is 12.2 Å². The van der Waals surface area contributed by atoms with Crippen LogP contribution >= 0.6 is 0 Å². The van der Waals surface area contributed by atoms with Crippen molar-refractivity contribution in [1.82, 2.24) is 15.2 Å². The topological polar surface area (TPSA) is 74.0 Å². The molecule has 0 amide bonds. The van der Waals surface area contributed by atoms with Crippen molar-refractivity contribution in [3.05, 3.63) is 23.5 Å². The molecule has 1 saturated heterocycles. The van der Waals surface area contributed by atoms with Crippen LogP contribution in [0.4, 0.5) is 0 Å². The van der Waals surface area contributed by atoms with Crippen LogP contribution in [0, 0.1) is 0 Å². The van der Waals surface area contributed by atoms with Crippen molar-refractivity contribution in [2.75, 3.05) is 39.8 Å². The zero-order valence-electron chi connectivity index (χ0n) is 12.4. The zero-order chi connectivity index (χ0) is 15.0. The van der Waals surface area contributed by atoms with E-state index in [2.05, 4.69) is 34.0 Å². The number of hydrogen-bond acceptors (Lipinski definition) is 6. The third kappa shape index (κ3) is 5.24. The summed E-state index contributed by atoms with van der Waals surface area (Å²) >= 11 is 0. The third-order valence-corrected chi connectivity index (χ3v) is 3.42. The van der Waals surface area contributed by atoms with Gasteiger partial charge in [-0.25, -0.2) is 4.99 Å². The first-order valence-corrected chi connectivity index (χ1v) is 6.82. The average molecular weight is 279 g/mol. The van der Waals surface area contributed by atoms with E-state index >= 15 is 0 Å². The number of nitrogens with one attached hydrogen (secondary N) is 1. The largest absolute Gasteiger partial charge is 0.354 e. The number of Topliss-reactive ketones (excluding diaryl/α,β-unsaturated/α-hetero) is 1. The van der Waals surface area contributed by atoms with E-state index < -0.39 is 0 Å². The number of likely N-dealkylation sites (N-methyl/N-ethyl adjacent to an activating group) is 1. The van der Waals surface area contributed by atoms with Crippen LogP contribution in [0.5, 0.6) is 0 Å². The quantitative estimate of drug-likeness (QED) is 0.300. The number of rotatable bonds is 7. The van der Waals surface area contributed by atoms with Gasteiger partial charge in [-0.3, -0.25) is 16.1 Å².